The van der Waals surface area contributed by atoms with E-state index < -0.39 is 0 Å². The lowest BCUT2D eigenvalue weighted by Gasteiger charge is -2.16. The van der Waals surface area contributed by atoms with Crippen LogP contribution in [0.4, 0.5) is 0 Å². The molecule has 5 nitrogen and oxygen atoms in total. The highest BCUT2D eigenvalue weighted by atomic mass is 127. The summed E-state index contributed by atoms with van der Waals surface area (Å²) in [6.45, 7) is 4.91. The largest absolute Gasteiger partial charge is 0.356 e. The molecule has 2 aromatic rings. The van der Waals surface area contributed by atoms with Crippen LogP contribution in [-0.4, -0.2) is 35.9 Å². The van der Waals surface area contributed by atoms with Gasteiger partial charge in [0.05, 0.1) is 0 Å². The van der Waals surface area contributed by atoms with E-state index in [0.717, 1.165) is 38.4 Å². The van der Waals surface area contributed by atoms with Crippen molar-refractivity contribution in [3.63, 3.8) is 0 Å². The first-order valence-corrected chi connectivity index (χ1v) is 8.24. The number of rotatable bonds is 8. The SMILES string of the molecule is CN=C(NCCCc1ccccc1)NCC(C)Cn1cccn1.I. The summed E-state index contributed by atoms with van der Waals surface area (Å²) in [5.41, 5.74) is 1.38. The summed E-state index contributed by atoms with van der Waals surface area (Å²) in [6.07, 6.45) is 5.98. The van der Waals surface area contributed by atoms with Crippen molar-refractivity contribution in [1.29, 1.82) is 0 Å². The number of hydrogen-bond acceptors (Lipinski definition) is 2. The maximum Gasteiger partial charge on any atom is 0.190 e. The van der Waals surface area contributed by atoms with Gasteiger partial charge in [-0.25, -0.2) is 0 Å². The number of nitrogens with one attached hydrogen (secondary N) is 2. The average molecular weight is 441 g/mol. The quantitative estimate of drug-likeness (QED) is 0.287. The van der Waals surface area contributed by atoms with E-state index in [9.17, 15) is 0 Å². The standard InChI is InChI=1S/C18H27N5.HI/c1-16(15-23-13-7-12-22-23)14-21-18(19-2)20-11-6-10-17-8-4-3-5-9-17;/h3-5,7-9,12-13,16H,6,10-11,14-15H2,1-2H3,(H2,19,20,21);1H. The van der Waals surface area contributed by atoms with Gasteiger partial charge in [0, 0.05) is 39.1 Å². The molecule has 0 radical (unpaired) electrons. The topological polar surface area (TPSA) is 54.2 Å². The van der Waals surface area contributed by atoms with Crippen molar-refractivity contribution in [2.45, 2.75) is 26.3 Å². The number of aromatic nitrogens is 2. The molecule has 0 saturated carbocycles. The van der Waals surface area contributed by atoms with E-state index >= 15 is 0 Å². The summed E-state index contributed by atoms with van der Waals surface area (Å²) in [4.78, 5) is 4.27. The van der Waals surface area contributed by atoms with Crippen LogP contribution in [0.2, 0.25) is 0 Å². The Morgan fingerprint density at radius 1 is 1.21 bits per heavy atom. The van der Waals surface area contributed by atoms with Crippen LogP contribution in [0.1, 0.15) is 18.9 Å². The van der Waals surface area contributed by atoms with E-state index in [2.05, 4.69) is 58.0 Å². The van der Waals surface area contributed by atoms with Gasteiger partial charge in [-0.05, 0) is 30.4 Å². The Labute approximate surface area is 162 Å². The monoisotopic (exact) mass is 441 g/mol. The van der Waals surface area contributed by atoms with Gasteiger partial charge in [0.25, 0.3) is 0 Å². The van der Waals surface area contributed by atoms with E-state index in [1.54, 1.807) is 0 Å². The van der Waals surface area contributed by atoms with Crippen LogP contribution < -0.4 is 10.6 Å². The average Bonchev–Trinajstić information content (AvgIpc) is 3.08. The summed E-state index contributed by atoms with van der Waals surface area (Å²) in [7, 11) is 1.81. The highest BCUT2D eigenvalue weighted by molar-refractivity contribution is 14.0. The van der Waals surface area contributed by atoms with Crippen molar-refractivity contribution in [2.24, 2.45) is 10.9 Å². The molecule has 2 N–H and O–H groups in total. The molecule has 0 fully saturated rings. The number of halogens is 1. The minimum absolute atomic E-state index is 0. The lowest BCUT2D eigenvalue weighted by Crippen LogP contribution is -2.40. The molecule has 6 heteroatoms. The summed E-state index contributed by atoms with van der Waals surface area (Å²) in [6, 6.07) is 12.5. The molecule has 0 aliphatic rings. The Morgan fingerprint density at radius 2 is 2.00 bits per heavy atom. The van der Waals surface area contributed by atoms with Crippen LogP contribution in [0.25, 0.3) is 0 Å². The van der Waals surface area contributed by atoms with Crippen molar-refractivity contribution in [3.05, 3.63) is 54.4 Å². The van der Waals surface area contributed by atoms with Gasteiger partial charge in [-0.2, -0.15) is 5.10 Å². The zero-order valence-electron chi connectivity index (χ0n) is 14.5. The third-order valence-electron chi connectivity index (χ3n) is 3.68. The second kappa shape index (κ2) is 11.9. The number of benzene rings is 1. The fourth-order valence-corrected chi connectivity index (χ4v) is 2.43. The van der Waals surface area contributed by atoms with Crippen LogP contribution >= 0.6 is 24.0 Å². The molecule has 1 heterocycles. The van der Waals surface area contributed by atoms with Crippen molar-refractivity contribution in [1.82, 2.24) is 20.4 Å². The molecule has 1 atom stereocenters. The molecule has 0 bridgehead atoms. The number of guanidine groups is 1. The van der Waals surface area contributed by atoms with Gasteiger partial charge in [-0.15, -0.1) is 24.0 Å². The number of hydrogen-bond donors (Lipinski definition) is 2. The highest BCUT2D eigenvalue weighted by Crippen LogP contribution is 2.01. The first-order chi connectivity index (χ1) is 11.3. The zero-order valence-corrected chi connectivity index (χ0v) is 16.8. The highest BCUT2D eigenvalue weighted by Gasteiger charge is 2.05. The van der Waals surface area contributed by atoms with E-state index in [1.807, 2.05) is 30.2 Å². The molecule has 0 amide bonds. The minimum Gasteiger partial charge on any atom is -0.356 e. The van der Waals surface area contributed by atoms with Crippen molar-refractivity contribution >= 4 is 29.9 Å². The second-order valence-corrected chi connectivity index (χ2v) is 5.80. The predicted octanol–water partition coefficient (Wildman–Crippen LogP) is 2.94. The summed E-state index contributed by atoms with van der Waals surface area (Å²) in [5, 5.41) is 11.0. The van der Waals surface area contributed by atoms with Gasteiger partial charge in [0.1, 0.15) is 0 Å². The number of nitrogens with zero attached hydrogens (tertiary/aromatic N) is 3. The van der Waals surface area contributed by atoms with E-state index in [0.29, 0.717) is 5.92 Å². The summed E-state index contributed by atoms with van der Waals surface area (Å²) < 4.78 is 1.96. The van der Waals surface area contributed by atoms with Crippen molar-refractivity contribution in [3.8, 4) is 0 Å². The predicted molar refractivity (Wildman–Crippen MR) is 111 cm³/mol. The Bertz CT molecular complexity index is 568. The number of aliphatic imine (C=N–C) groups is 1. The first-order valence-electron chi connectivity index (χ1n) is 8.24. The summed E-state index contributed by atoms with van der Waals surface area (Å²) in [5.74, 6) is 1.35. The molecular formula is C18H28IN5. The van der Waals surface area contributed by atoms with E-state index in [1.165, 1.54) is 5.56 Å². The molecule has 0 aliphatic carbocycles. The van der Waals surface area contributed by atoms with Gasteiger partial charge in [0.2, 0.25) is 0 Å². The smallest absolute Gasteiger partial charge is 0.190 e. The van der Waals surface area contributed by atoms with Crippen LogP contribution in [0.3, 0.4) is 0 Å². The van der Waals surface area contributed by atoms with Crippen LogP contribution in [-0.2, 0) is 13.0 Å². The maximum absolute atomic E-state index is 4.27. The normalized spacial score (nSPS) is 12.3. The Kier molecular flexibility index (Phi) is 10.1. The lowest BCUT2D eigenvalue weighted by atomic mass is 10.1. The minimum atomic E-state index is 0. The third-order valence-corrected chi connectivity index (χ3v) is 3.68. The molecule has 24 heavy (non-hydrogen) atoms. The molecule has 2 rings (SSSR count). The number of aryl methyl sites for hydroxylation is 1. The van der Waals surface area contributed by atoms with Crippen molar-refractivity contribution in [2.75, 3.05) is 20.1 Å². The van der Waals surface area contributed by atoms with Crippen LogP contribution in [0.15, 0.2) is 53.8 Å². The van der Waals surface area contributed by atoms with E-state index in [-0.39, 0.29) is 24.0 Å². The molecule has 132 valence electrons. The van der Waals surface area contributed by atoms with Gasteiger partial charge >= 0.3 is 0 Å². The third kappa shape index (κ3) is 7.81. The Balaban J connectivity index is 0.00000288. The first kappa shape index (κ1) is 20.5. The van der Waals surface area contributed by atoms with Gasteiger partial charge in [-0.1, -0.05) is 37.3 Å². The summed E-state index contributed by atoms with van der Waals surface area (Å²) >= 11 is 0. The van der Waals surface area contributed by atoms with Crippen molar-refractivity contribution < 1.29 is 0 Å². The van der Waals surface area contributed by atoms with E-state index in [4.69, 9.17) is 0 Å². The molecule has 1 aromatic heterocycles. The van der Waals surface area contributed by atoms with Gasteiger partial charge in [-0.3, -0.25) is 9.67 Å². The van der Waals surface area contributed by atoms with Gasteiger partial charge < -0.3 is 10.6 Å². The molecule has 1 unspecified atom stereocenters. The molecule has 1 aromatic carbocycles. The van der Waals surface area contributed by atoms with Gasteiger partial charge in [0.15, 0.2) is 5.96 Å². The Hall–Kier alpha value is -1.57. The van der Waals surface area contributed by atoms with Crippen LogP contribution in [0.5, 0.6) is 0 Å². The fraction of sp³-hybridized carbons (Fsp3) is 0.444. The molecular weight excluding hydrogens is 413 g/mol. The molecule has 0 spiro atoms. The Morgan fingerprint density at radius 3 is 2.67 bits per heavy atom. The molecule has 0 saturated heterocycles. The van der Waals surface area contributed by atoms with Crippen LogP contribution in [0, 0.1) is 5.92 Å². The second-order valence-electron chi connectivity index (χ2n) is 5.80. The molecule has 0 aliphatic heterocycles. The zero-order chi connectivity index (χ0) is 16.3. The maximum atomic E-state index is 4.27. The lowest BCUT2D eigenvalue weighted by molar-refractivity contribution is 0.443. The fourth-order valence-electron chi connectivity index (χ4n) is 2.43.